The van der Waals surface area contributed by atoms with Gasteiger partial charge in [-0.15, -0.1) is 0 Å². The van der Waals surface area contributed by atoms with Gasteiger partial charge >= 0.3 is 17.8 Å². The smallest absolute Gasteiger partial charge is 0.407 e. The van der Waals surface area contributed by atoms with Crippen molar-refractivity contribution in [1.29, 1.82) is 0 Å². The summed E-state index contributed by atoms with van der Waals surface area (Å²) >= 11 is 0. The number of ether oxygens (including phenoxy) is 1. The second-order valence-electron chi connectivity index (χ2n) is 7.59. The minimum Gasteiger partial charge on any atom is -0.465 e. The number of aromatic amines is 1. The van der Waals surface area contributed by atoms with Gasteiger partial charge in [-0.05, 0) is 18.6 Å². The Labute approximate surface area is 193 Å². The third-order valence-electron chi connectivity index (χ3n) is 5.60. The van der Waals surface area contributed by atoms with E-state index in [1.54, 1.807) is 29.7 Å². The predicted octanol–water partition coefficient (Wildman–Crippen LogP) is 0.882. The molecular weight excluding hydrogens is 444 g/mol. The normalized spacial score (nSPS) is 13.8. The highest BCUT2D eigenvalue weighted by atomic mass is 16.5. The van der Waals surface area contributed by atoms with Crippen LogP contribution < -0.4 is 16.1 Å². The first-order valence-corrected chi connectivity index (χ1v) is 10.7. The summed E-state index contributed by atoms with van der Waals surface area (Å²) in [5, 5.41) is 9.29. The summed E-state index contributed by atoms with van der Waals surface area (Å²) in [6.45, 7) is 6.35. The number of aromatic nitrogens is 4. The summed E-state index contributed by atoms with van der Waals surface area (Å²) in [6, 6.07) is 7.23. The minimum atomic E-state index is -1.01. The van der Waals surface area contributed by atoms with E-state index in [2.05, 4.69) is 16.5 Å². The molecule has 1 amide bonds. The van der Waals surface area contributed by atoms with Gasteiger partial charge in [-0.2, -0.15) is 4.98 Å². The zero-order chi connectivity index (χ0) is 24.4. The van der Waals surface area contributed by atoms with Gasteiger partial charge in [0.15, 0.2) is 11.2 Å². The highest BCUT2D eigenvalue weighted by molar-refractivity contribution is 5.81. The Hall–Kier alpha value is -4.35. The van der Waals surface area contributed by atoms with E-state index in [9.17, 15) is 24.3 Å². The van der Waals surface area contributed by atoms with Gasteiger partial charge in [-0.3, -0.25) is 23.7 Å². The van der Waals surface area contributed by atoms with Crippen LogP contribution >= 0.6 is 0 Å². The molecule has 3 aromatic rings. The van der Waals surface area contributed by atoms with Crippen molar-refractivity contribution in [2.24, 2.45) is 0 Å². The van der Waals surface area contributed by atoms with Crippen molar-refractivity contribution in [1.82, 2.24) is 24.0 Å². The van der Waals surface area contributed by atoms with Gasteiger partial charge in [0.1, 0.15) is 6.54 Å². The number of benzene rings is 1. The van der Waals surface area contributed by atoms with Crippen LogP contribution in [0, 0.1) is 0 Å². The van der Waals surface area contributed by atoms with Crippen LogP contribution in [0.1, 0.15) is 12.5 Å². The molecule has 34 heavy (non-hydrogen) atoms. The first-order chi connectivity index (χ1) is 16.3. The molecule has 1 fully saturated rings. The van der Waals surface area contributed by atoms with Gasteiger partial charge in [0.2, 0.25) is 5.95 Å². The lowest BCUT2D eigenvalue weighted by Gasteiger charge is -2.34. The summed E-state index contributed by atoms with van der Waals surface area (Å²) < 4.78 is 7.66. The lowest BCUT2D eigenvalue weighted by atomic mass is 10.1. The molecule has 0 radical (unpaired) electrons. The number of imidazole rings is 1. The summed E-state index contributed by atoms with van der Waals surface area (Å²) in [5.74, 6) is -0.293. The number of nitrogens with zero attached hydrogens (tertiary/aromatic N) is 5. The molecular formula is C22H24N6O6. The summed E-state index contributed by atoms with van der Waals surface area (Å²) in [7, 11) is 0. The van der Waals surface area contributed by atoms with Crippen LogP contribution in [-0.2, 0) is 16.1 Å². The number of esters is 1. The molecule has 1 aromatic carbocycles. The number of anilines is 1. The predicted molar refractivity (Wildman–Crippen MR) is 124 cm³/mol. The van der Waals surface area contributed by atoms with E-state index >= 15 is 0 Å². The van der Waals surface area contributed by atoms with Crippen LogP contribution in [0.5, 0.6) is 0 Å². The Morgan fingerprint density at radius 3 is 2.56 bits per heavy atom. The summed E-state index contributed by atoms with van der Waals surface area (Å²) in [4.78, 5) is 59.2. The number of hydrogen-bond acceptors (Lipinski definition) is 7. The molecule has 12 heteroatoms. The van der Waals surface area contributed by atoms with E-state index in [1.807, 2.05) is 17.0 Å². The lowest BCUT2D eigenvalue weighted by Crippen LogP contribution is -2.49. The summed E-state index contributed by atoms with van der Waals surface area (Å²) in [6.07, 6.45) is 0.626. The number of fused-ring (bicyclic) bond motifs is 1. The molecule has 0 spiro atoms. The van der Waals surface area contributed by atoms with Gasteiger partial charge in [0, 0.05) is 26.2 Å². The van der Waals surface area contributed by atoms with Crippen molar-refractivity contribution in [2.45, 2.75) is 13.5 Å². The monoisotopic (exact) mass is 468 g/mol. The van der Waals surface area contributed by atoms with Gasteiger partial charge in [0.05, 0.1) is 12.3 Å². The number of para-hydroxylation sites is 1. The molecule has 0 aliphatic carbocycles. The molecule has 0 unspecified atom stereocenters. The zero-order valence-electron chi connectivity index (χ0n) is 18.6. The van der Waals surface area contributed by atoms with Gasteiger partial charge in [-0.25, -0.2) is 9.59 Å². The molecule has 2 aromatic heterocycles. The molecule has 0 bridgehead atoms. The lowest BCUT2D eigenvalue weighted by molar-refractivity contribution is -0.143. The first-order valence-electron chi connectivity index (χ1n) is 10.7. The highest BCUT2D eigenvalue weighted by Crippen LogP contribution is 2.28. The van der Waals surface area contributed by atoms with E-state index in [0.717, 1.165) is 10.1 Å². The number of carbonyl (C=O) groups is 2. The quantitative estimate of drug-likeness (QED) is 0.508. The Balaban J connectivity index is 1.96. The van der Waals surface area contributed by atoms with E-state index in [-0.39, 0.29) is 30.9 Å². The fourth-order valence-electron chi connectivity index (χ4n) is 3.99. The third-order valence-corrected chi connectivity index (χ3v) is 5.60. The maximum absolute atomic E-state index is 13.0. The summed E-state index contributed by atoms with van der Waals surface area (Å²) in [5.41, 5.74) is -0.0289. The number of carbonyl (C=O) groups excluding carboxylic acids is 1. The van der Waals surface area contributed by atoms with Crippen molar-refractivity contribution < 1.29 is 19.4 Å². The third kappa shape index (κ3) is 4.05. The fourth-order valence-corrected chi connectivity index (χ4v) is 3.99. The number of amides is 1. The molecule has 0 atom stereocenters. The molecule has 3 heterocycles. The van der Waals surface area contributed by atoms with E-state index in [4.69, 9.17) is 4.74 Å². The van der Waals surface area contributed by atoms with Crippen molar-refractivity contribution in [3.63, 3.8) is 0 Å². The number of carboxylic acid groups (broad SMARTS) is 1. The van der Waals surface area contributed by atoms with Crippen LogP contribution in [0.15, 0.2) is 40.4 Å². The maximum Gasteiger partial charge on any atom is 0.407 e. The number of H-pyrrole nitrogens is 1. The van der Waals surface area contributed by atoms with E-state index in [1.165, 1.54) is 4.90 Å². The molecule has 1 saturated heterocycles. The Kier molecular flexibility index (Phi) is 6.21. The number of nitrogens with one attached hydrogen (secondary N) is 1. The van der Waals surface area contributed by atoms with Crippen molar-refractivity contribution in [3.05, 3.63) is 57.2 Å². The second kappa shape index (κ2) is 9.25. The Morgan fingerprint density at radius 1 is 1.21 bits per heavy atom. The largest absolute Gasteiger partial charge is 0.465 e. The van der Waals surface area contributed by atoms with Crippen LogP contribution in [-0.4, -0.2) is 74.0 Å². The SMILES string of the molecule is C=Cc1ccccc1-n1c(N2CCN(C(=O)O)CC2)nc2c1c(=O)[nH]c(=O)n2CC(=O)OCC. The van der Waals surface area contributed by atoms with Crippen LogP contribution in [0.4, 0.5) is 10.7 Å². The van der Waals surface area contributed by atoms with Crippen molar-refractivity contribution in [3.8, 4) is 5.69 Å². The average Bonchev–Trinajstić information content (AvgIpc) is 3.23. The van der Waals surface area contributed by atoms with Crippen LogP contribution in [0.2, 0.25) is 0 Å². The first kappa shape index (κ1) is 22.8. The highest BCUT2D eigenvalue weighted by Gasteiger charge is 2.28. The van der Waals surface area contributed by atoms with E-state index < -0.39 is 29.9 Å². The number of rotatable bonds is 6. The van der Waals surface area contributed by atoms with Crippen molar-refractivity contribution >= 4 is 35.3 Å². The Bertz CT molecular complexity index is 1380. The molecule has 0 saturated carbocycles. The van der Waals surface area contributed by atoms with E-state index in [0.29, 0.717) is 24.7 Å². The molecule has 4 rings (SSSR count). The topological polar surface area (TPSA) is 143 Å². The standard InChI is InChI=1S/C22H24N6O6/c1-3-14-7-5-6-8-15(14)28-17-18(23-20(28)25-9-11-26(12-10-25)22(32)33)27(13-16(29)34-4-2)21(31)24-19(17)30/h3,5-8H,1,4,9-13H2,2H3,(H,32,33)(H,24,30,31). The van der Waals surface area contributed by atoms with Crippen molar-refractivity contribution in [2.75, 3.05) is 37.7 Å². The molecule has 178 valence electrons. The van der Waals surface area contributed by atoms with Crippen LogP contribution in [0.25, 0.3) is 22.9 Å². The zero-order valence-corrected chi connectivity index (χ0v) is 18.6. The van der Waals surface area contributed by atoms with Crippen LogP contribution in [0.3, 0.4) is 0 Å². The van der Waals surface area contributed by atoms with Gasteiger partial charge < -0.3 is 19.6 Å². The maximum atomic E-state index is 13.0. The molecule has 12 nitrogen and oxygen atoms in total. The number of piperazine rings is 1. The number of hydrogen-bond donors (Lipinski definition) is 2. The Morgan fingerprint density at radius 2 is 1.91 bits per heavy atom. The average molecular weight is 468 g/mol. The second-order valence-corrected chi connectivity index (χ2v) is 7.59. The van der Waals surface area contributed by atoms with Gasteiger partial charge in [0.25, 0.3) is 5.56 Å². The fraction of sp³-hybridized carbons (Fsp3) is 0.318. The van der Waals surface area contributed by atoms with Gasteiger partial charge in [-0.1, -0.05) is 30.9 Å². The minimum absolute atomic E-state index is 0.0244. The molecule has 1 aliphatic rings. The molecule has 1 aliphatic heterocycles. The molecule has 2 N–H and O–H groups in total.